The first-order valence-electron chi connectivity index (χ1n) is 4.25. The summed E-state index contributed by atoms with van der Waals surface area (Å²) in [7, 11) is 1.66. The summed E-state index contributed by atoms with van der Waals surface area (Å²) in [5, 5.41) is 2.78. The van der Waals surface area contributed by atoms with E-state index in [0.717, 1.165) is 12.8 Å². The van der Waals surface area contributed by atoms with Gasteiger partial charge >= 0.3 is 0 Å². The second-order valence-corrected chi connectivity index (χ2v) is 2.67. The fourth-order valence-electron chi connectivity index (χ4n) is 1.01. The van der Waals surface area contributed by atoms with Crippen LogP contribution >= 0.6 is 0 Å². The van der Waals surface area contributed by atoms with Crippen molar-refractivity contribution in [2.45, 2.75) is 25.3 Å². The number of unbranched alkanes of at least 4 members (excludes halogenated alkanes) is 1. The third kappa shape index (κ3) is 5.25. The normalized spacial score (nSPS) is 11.8. The monoisotopic (exact) mass is 185 g/mol. The van der Waals surface area contributed by atoms with Crippen molar-refractivity contribution < 1.29 is 9.59 Å². The maximum absolute atomic E-state index is 11.0. The van der Waals surface area contributed by atoms with Crippen LogP contribution in [-0.4, -0.2) is 31.6 Å². The van der Waals surface area contributed by atoms with Gasteiger partial charge in [0.05, 0.1) is 6.04 Å². The molecule has 5 heteroatoms. The Morgan fingerprint density at radius 1 is 1.62 bits per heavy atom. The summed E-state index contributed by atoms with van der Waals surface area (Å²) in [6.07, 6.45) is 3.60. The Hall–Kier alpha value is -1.03. The molecule has 0 heterocycles. The standard InChI is InChI=1S/C8H15N3O2/c1-10-7(4-2-3-5-9)8(13)11-6-12/h7,10H,2-5,9H2,1H3. The lowest BCUT2D eigenvalue weighted by Gasteiger charge is -2.09. The van der Waals surface area contributed by atoms with E-state index in [1.54, 1.807) is 7.05 Å². The highest BCUT2D eigenvalue weighted by molar-refractivity contribution is 5.86. The lowest BCUT2D eigenvalue weighted by molar-refractivity contribution is -0.119. The van der Waals surface area contributed by atoms with E-state index in [1.165, 1.54) is 6.08 Å². The Morgan fingerprint density at radius 2 is 2.31 bits per heavy atom. The van der Waals surface area contributed by atoms with E-state index in [4.69, 9.17) is 5.73 Å². The van der Waals surface area contributed by atoms with Gasteiger partial charge in [-0.3, -0.25) is 4.79 Å². The Bertz CT molecular complexity index is 200. The number of isocyanates is 1. The van der Waals surface area contributed by atoms with Crippen LogP contribution in [0.1, 0.15) is 19.3 Å². The molecular formula is C8H15N3O2. The van der Waals surface area contributed by atoms with Crippen molar-refractivity contribution in [3.05, 3.63) is 0 Å². The average Bonchev–Trinajstić information content (AvgIpc) is 2.13. The number of amides is 1. The van der Waals surface area contributed by atoms with Gasteiger partial charge in [0, 0.05) is 0 Å². The van der Waals surface area contributed by atoms with Gasteiger partial charge in [0.15, 0.2) is 0 Å². The number of carbonyl (C=O) groups excluding carboxylic acids is 2. The Morgan fingerprint density at radius 3 is 2.77 bits per heavy atom. The molecule has 0 fully saturated rings. The number of carbonyl (C=O) groups is 1. The van der Waals surface area contributed by atoms with Crippen molar-refractivity contribution in [3.63, 3.8) is 0 Å². The highest BCUT2D eigenvalue weighted by atomic mass is 16.2. The molecule has 0 rings (SSSR count). The minimum Gasteiger partial charge on any atom is -0.330 e. The molecule has 1 amide bonds. The third-order valence-electron chi connectivity index (χ3n) is 1.75. The quantitative estimate of drug-likeness (QED) is 0.334. The molecule has 74 valence electrons. The zero-order valence-electron chi connectivity index (χ0n) is 7.75. The molecular weight excluding hydrogens is 170 g/mol. The van der Waals surface area contributed by atoms with E-state index >= 15 is 0 Å². The smallest absolute Gasteiger partial charge is 0.273 e. The molecule has 0 spiro atoms. The van der Waals surface area contributed by atoms with Crippen LogP contribution < -0.4 is 11.1 Å². The number of aliphatic imine (C=N–C) groups is 1. The number of nitrogens with one attached hydrogen (secondary N) is 1. The first kappa shape index (κ1) is 12.0. The summed E-state index contributed by atoms with van der Waals surface area (Å²) in [6.45, 7) is 0.613. The lowest BCUT2D eigenvalue weighted by atomic mass is 10.1. The van der Waals surface area contributed by atoms with Crippen LogP contribution in [0.4, 0.5) is 0 Å². The number of nitrogens with two attached hydrogens (primary N) is 1. The second-order valence-electron chi connectivity index (χ2n) is 2.67. The van der Waals surface area contributed by atoms with E-state index in [1.807, 2.05) is 0 Å². The molecule has 0 radical (unpaired) electrons. The molecule has 13 heavy (non-hydrogen) atoms. The second kappa shape index (κ2) is 7.61. The number of hydrogen-bond donors (Lipinski definition) is 2. The number of nitrogens with zero attached hydrogens (tertiary/aromatic N) is 1. The maximum atomic E-state index is 11.0. The molecule has 0 aromatic heterocycles. The Kier molecular flexibility index (Phi) is 7.01. The Balaban J connectivity index is 3.87. The first-order valence-corrected chi connectivity index (χ1v) is 4.25. The van der Waals surface area contributed by atoms with Crippen molar-refractivity contribution in [2.75, 3.05) is 13.6 Å². The molecule has 0 saturated carbocycles. The summed E-state index contributed by atoms with van der Waals surface area (Å²) >= 11 is 0. The van der Waals surface area contributed by atoms with Gasteiger partial charge in [0.1, 0.15) is 0 Å². The van der Waals surface area contributed by atoms with Crippen molar-refractivity contribution in [3.8, 4) is 0 Å². The predicted molar refractivity (Wildman–Crippen MR) is 48.9 cm³/mol. The van der Waals surface area contributed by atoms with Gasteiger partial charge in [-0.25, -0.2) is 4.79 Å². The maximum Gasteiger partial charge on any atom is 0.273 e. The van der Waals surface area contributed by atoms with Crippen molar-refractivity contribution in [1.82, 2.24) is 5.32 Å². The predicted octanol–water partition coefficient (Wildman–Crippen LogP) is -0.434. The molecule has 1 atom stereocenters. The fourth-order valence-corrected chi connectivity index (χ4v) is 1.01. The van der Waals surface area contributed by atoms with Crippen molar-refractivity contribution >= 4 is 12.0 Å². The van der Waals surface area contributed by atoms with E-state index in [-0.39, 0.29) is 6.04 Å². The van der Waals surface area contributed by atoms with Crippen molar-refractivity contribution in [2.24, 2.45) is 10.7 Å². The van der Waals surface area contributed by atoms with Gasteiger partial charge < -0.3 is 11.1 Å². The van der Waals surface area contributed by atoms with Gasteiger partial charge in [0.2, 0.25) is 6.08 Å². The number of rotatable bonds is 6. The van der Waals surface area contributed by atoms with Crippen LogP contribution in [0, 0.1) is 0 Å². The minimum absolute atomic E-state index is 0.381. The molecule has 0 saturated heterocycles. The summed E-state index contributed by atoms with van der Waals surface area (Å²) in [4.78, 5) is 23.9. The SMILES string of the molecule is CNC(CCCCN)C(=O)N=C=O. The van der Waals surface area contributed by atoms with Crippen LogP contribution in [-0.2, 0) is 9.59 Å². The molecule has 1 unspecified atom stereocenters. The first-order chi connectivity index (χ1) is 6.26. The zero-order valence-corrected chi connectivity index (χ0v) is 7.75. The molecule has 0 aliphatic rings. The zero-order chi connectivity index (χ0) is 10.1. The summed E-state index contributed by atoms with van der Waals surface area (Å²) < 4.78 is 0. The van der Waals surface area contributed by atoms with E-state index < -0.39 is 5.91 Å². The molecule has 0 aliphatic heterocycles. The van der Waals surface area contributed by atoms with Crippen molar-refractivity contribution in [1.29, 1.82) is 0 Å². The molecule has 0 bridgehead atoms. The number of likely N-dealkylation sites (N-methyl/N-ethyl adjacent to an activating group) is 1. The molecule has 0 aliphatic carbocycles. The van der Waals surface area contributed by atoms with Gasteiger partial charge in [-0.2, -0.15) is 0 Å². The summed E-state index contributed by atoms with van der Waals surface area (Å²) in [5.74, 6) is -0.463. The van der Waals surface area contributed by atoms with Crippen LogP contribution in [0.3, 0.4) is 0 Å². The van der Waals surface area contributed by atoms with E-state index in [0.29, 0.717) is 13.0 Å². The van der Waals surface area contributed by atoms with E-state index in [9.17, 15) is 9.59 Å². The van der Waals surface area contributed by atoms with Gasteiger partial charge in [-0.1, -0.05) is 6.42 Å². The highest BCUT2D eigenvalue weighted by Gasteiger charge is 2.14. The third-order valence-corrected chi connectivity index (χ3v) is 1.75. The Labute approximate surface area is 77.4 Å². The molecule has 5 nitrogen and oxygen atoms in total. The van der Waals surface area contributed by atoms with Gasteiger partial charge in [-0.15, -0.1) is 4.99 Å². The number of hydrogen-bond acceptors (Lipinski definition) is 4. The average molecular weight is 185 g/mol. The van der Waals surface area contributed by atoms with Crippen LogP contribution in [0.25, 0.3) is 0 Å². The largest absolute Gasteiger partial charge is 0.330 e. The fraction of sp³-hybridized carbons (Fsp3) is 0.750. The van der Waals surface area contributed by atoms with Crippen LogP contribution in [0.5, 0.6) is 0 Å². The van der Waals surface area contributed by atoms with E-state index in [2.05, 4.69) is 10.3 Å². The minimum atomic E-state index is -0.463. The lowest BCUT2D eigenvalue weighted by Crippen LogP contribution is -2.32. The molecule has 0 aromatic carbocycles. The summed E-state index contributed by atoms with van der Waals surface area (Å²) in [5.41, 5.74) is 5.30. The van der Waals surface area contributed by atoms with Crippen LogP contribution in [0.2, 0.25) is 0 Å². The van der Waals surface area contributed by atoms with Crippen LogP contribution in [0.15, 0.2) is 4.99 Å². The molecule has 0 aromatic rings. The molecule has 3 N–H and O–H groups in total. The topological polar surface area (TPSA) is 84.5 Å². The van der Waals surface area contributed by atoms with Gasteiger partial charge in [0.25, 0.3) is 5.91 Å². The summed E-state index contributed by atoms with van der Waals surface area (Å²) in [6, 6.07) is -0.381. The van der Waals surface area contributed by atoms with Gasteiger partial charge in [-0.05, 0) is 26.4 Å². The highest BCUT2D eigenvalue weighted by Crippen LogP contribution is 2.01.